The van der Waals surface area contributed by atoms with Gasteiger partial charge < -0.3 is 21.0 Å². The lowest BCUT2D eigenvalue weighted by molar-refractivity contribution is -0.119. The van der Waals surface area contributed by atoms with Crippen LogP contribution < -0.4 is 11.1 Å². The van der Waals surface area contributed by atoms with E-state index >= 15 is 0 Å². The highest BCUT2D eigenvalue weighted by atomic mass is 19.1. The lowest BCUT2D eigenvalue weighted by Crippen LogP contribution is -2.26. The van der Waals surface area contributed by atoms with Gasteiger partial charge in [-0.3, -0.25) is 4.79 Å². The van der Waals surface area contributed by atoms with E-state index in [1.807, 2.05) is 0 Å². The normalized spacial score (nSPS) is 19.3. The molecular formula is C14H18FN3O3. The minimum absolute atomic E-state index is 0.0912. The lowest BCUT2D eigenvalue weighted by Gasteiger charge is -2.22. The van der Waals surface area contributed by atoms with Crippen LogP contribution in [0.3, 0.4) is 0 Å². The number of carbonyl (C=O) groups is 1. The van der Waals surface area contributed by atoms with E-state index in [4.69, 9.17) is 15.7 Å². The molecule has 7 heteroatoms. The van der Waals surface area contributed by atoms with Crippen molar-refractivity contribution < 1.29 is 19.1 Å². The Hall–Kier alpha value is -2.15. The highest BCUT2D eigenvalue weighted by Gasteiger charge is 2.19. The Kier molecular flexibility index (Phi) is 5.10. The van der Waals surface area contributed by atoms with Gasteiger partial charge in [0, 0.05) is 12.2 Å². The van der Waals surface area contributed by atoms with Crippen LogP contribution in [0.5, 0.6) is 0 Å². The number of nitrogens with one attached hydrogen (secondary N) is 1. The van der Waals surface area contributed by atoms with Gasteiger partial charge in [-0.05, 0) is 37.5 Å². The summed E-state index contributed by atoms with van der Waals surface area (Å²) in [6.07, 6.45) is 3.05. The predicted molar refractivity (Wildman–Crippen MR) is 75.7 cm³/mol. The van der Waals surface area contributed by atoms with Crippen LogP contribution in [0.1, 0.15) is 31.2 Å². The molecule has 4 N–H and O–H groups in total. The molecule has 2 rings (SSSR count). The number of amides is 1. The first-order valence-electron chi connectivity index (χ1n) is 6.79. The molecule has 1 aliphatic rings. The third-order valence-electron chi connectivity index (χ3n) is 3.33. The molecule has 1 heterocycles. The van der Waals surface area contributed by atoms with Gasteiger partial charge in [0.15, 0.2) is 5.84 Å². The van der Waals surface area contributed by atoms with E-state index in [-0.39, 0.29) is 29.8 Å². The van der Waals surface area contributed by atoms with Crippen LogP contribution >= 0.6 is 0 Å². The van der Waals surface area contributed by atoms with Crippen LogP contribution in [-0.2, 0) is 9.53 Å². The van der Waals surface area contributed by atoms with Gasteiger partial charge in [-0.15, -0.1) is 0 Å². The van der Waals surface area contributed by atoms with Crippen LogP contribution in [0.25, 0.3) is 0 Å². The Labute approximate surface area is 121 Å². The van der Waals surface area contributed by atoms with Crippen LogP contribution in [0.15, 0.2) is 23.4 Å². The molecule has 1 saturated heterocycles. The van der Waals surface area contributed by atoms with Gasteiger partial charge in [0.1, 0.15) is 5.82 Å². The summed E-state index contributed by atoms with van der Waals surface area (Å²) in [4.78, 5) is 12.0. The zero-order chi connectivity index (χ0) is 15.2. The summed E-state index contributed by atoms with van der Waals surface area (Å²) in [6, 6.07) is 3.67. The van der Waals surface area contributed by atoms with Gasteiger partial charge in [-0.1, -0.05) is 5.16 Å². The highest BCUT2D eigenvalue weighted by molar-refractivity contribution is 6.05. The average Bonchev–Trinajstić information content (AvgIpc) is 2.49. The number of benzene rings is 1. The Bertz CT molecular complexity index is 542. The van der Waals surface area contributed by atoms with Crippen LogP contribution in [-0.4, -0.2) is 29.7 Å². The second-order valence-corrected chi connectivity index (χ2v) is 4.92. The number of rotatable bonds is 4. The van der Waals surface area contributed by atoms with E-state index in [1.54, 1.807) is 0 Å². The second kappa shape index (κ2) is 7.03. The van der Waals surface area contributed by atoms with Crippen molar-refractivity contribution >= 4 is 17.4 Å². The number of oxime groups is 1. The second-order valence-electron chi connectivity index (χ2n) is 4.92. The van der Waals surface area contributed by atoms with Crippen molar-refractivity contribution in [3.63, 3.8) is 0 Å². The molecule has 1 aromatic carbocycles. The lowest BCUT2D eigenvalue weighted by atomic mass is 10.1. The van der Waals surface area contributed by atoms with Gasteiger partial charge in [0.05, 0.1) is 18.2 Å². The summed E-state index contributed by atoms with van der Waals surface area (Å²) in [5.74, 6) is -1.05. The van der Waals surface area contributed by atoms with Crippen molar-refractivity contribution in [3.05, 3.63) is 29.6 Å². The van der Waals surface area contributed by atoms with Crippen LogP contribution in [0, 0.1) is 5.82 Å². The van der Waals surface area contributed by atoms with Crippen molar-refractivity contribution in [2.24, 2.45) is 10.9 Å². The molecule has 0 saturated carbocycles. The smallest absolute Gasteiger partial charge is 0.227 e. The van der Waals surface area contributed by atoms with E-state index < -0.39 is 5.82 Å². The fourth-order valence-corrected chi connectivity index (χ4v) is 2.27. The average molecular weight is 295 g/mol. The van der Waals surface area contributed by atoms with Crippen LogP contribution in [0.2, 0.25) is 0 Å². The van der Waals surface area contributed by atoms with Crippen molar-refractivity contribution in [2.45, 2.75) is 31.8 Å². The SMILES string of the molecule is N/C(=N/O)c1cc(F)ccc1NC(=O)CC1CCCCO1. The molecule has 114 valence electrons. The minimum Gasteiger partial charge on any atom is -0.409 e. The van der Waals surface area contributed by atoms with E-state index in [2.05, 4.69) is 10.5 Å². The summed E-state index contributed by atoms with van der Waals surface area (Å²) in [5, 5.41) is 14.2. The Morgan fingerprint density at radius 2 is 2.33 bits per heavy atom. The summed E-state index contributed by atoms with van der Waals surface area (Å²) >= 11 is 0. The van der Waals surface area contributed by atoms with Crippen molar-refractivity contribution in [3.8, 4) is 0 Å². The Balaban J connectivity index is 2.06. The fourth-order valence-electron chi connectivity index (χ4n) is 2.27. The summed E-state index contributed by atoms with van der Waals surface area (Å²) < 4.78 is 18.7. The summed E-state index contributed by atoms with van der Waals surface area (Å²) in [7, 11) is 0. The zero-order valence-electron chi connectivity index (χ0n) is 11.5. The first kappa shape index (κ1) is 15.2. The topological polar surface area (TPSA) is 96.9 Å². The third-order valence-corrected chi connectivity index (χ3v) is 3.33. The predicted octanol–water partition coefficient (Wildman–Crippen LogP) is 1.82. The molecule has 1 unspecified atom stereocenters. The maximum absolute atomic E-state index is 13.2. The van der Waals surface area contributed by atoms with Crippen molar-refractivity contribution in [1.82, 2.24) is 0 Å². The number of carbonyl (C=O) groups excluding carboxylic acids is 1. The number of nitrogens with two attached hydrogens (primary N) is 1. The number of ether oxygens (including phenoxy) is 1. The molecule has 1 aliphatic heterocycles. The molecule has 0 aliphatic carbocycles. The standard InChI is InChI=1S/C14H18FN3O3/c15-9-4-5-12(11(7-9)14(16)18-20)17-13(19)8-10-3-1-2-6-21-10/h4-5,7,10,20H,1-3,6,8H2,(H2,16,18)(H,17,19). The molecule has 21 heavy (non-hydrogen) atoms. The first-order chi connectivity index (χ1) is 10.1. The fraction of sp³-hybridized carbons (Fsp3) is 0.429. The maximum Gasteiger partial charge on any atom is 0.227 e. The van der Waals surface area contributed by atoms with Gasteiger partial charge in [-0.2, -0.15) is 0 Å². The molecule has 0 spiro atoms. The maximum atomic E-state index is 13.2. The summed E-state index contributed by atoms with van der Waals surface area (Å²) in [5.41, 5.74) is 5.91. The minimum atomic E-state index is -0.537. The van der Waals surface area contributed by atoms with E-state index in [0.717, 1.165) is 25.3 Å². The molecule has 6 nitrogen and oxygen atoms in total. The first-order valence-corrected chi connectivity index (χ1v) is 6.79. The monoisotopic (exact) mass is 295 g/mol. The zero-order valence-corrected chi connectivity index (χ0v) is 11.5. The molecule has 1 aromatic rings. The number of nitrogens with zero attached hydrogens (tertiary/aromatic N) is 1. The van der Waals surface area contributed by atoms with E-state index in [0.29, 0.717) is 12.3 Å². The van der Waals surface area contributed by atoms with Crippen molar-refractivity contribution in [2.75, 3.05) is 11.9 Å². The van der Waals surface area contributed by atoms with Gasteiger partial charge >= 0.3 is 0 Å². The molecular weight excluding hydrogens is 277 g/mol. The highest BCUT2D eigenvalue weighted by Crippen LogP contribution is 2.19. The van der Waals surface area contributed by atoms with Gasteiger partial charge in [0.2, 0.25) is 5.91 Å². The Morgan fingerprint density at radius 3 is 3.00 bits per heavy atom. The summed E-state index contributed by atoms with van der Waals surface area (Å²) in [6.45, 7) is 0.670. The molecule has 1 atom stereocenters. The number of anilines is 1. The van der Waals surface area contributed by atoms with Gasteiger partial charge in [0.25, 0.3) is 0 Å². The van der Waals surface area contributed by atoms with Crippen molar-refractivity contribution in [1.29, 1.82) is 0 Å². The van der Waals surface area contributed by atoms with E-state index in [1.165, 1.54) is 12.1 Å². The molecule has 1 fully saturated rings. The largest absolute Gasteiger partial charge is 0.409 e. The van der Waals surface area contributed by atoms with Gasteiger partial charge in [-0.25, -0.2) is 4.39 Å². The quantitative estimate of drug-likeness (QED) is 0.341. The molecule has 0 radical (unpaired) electrons. The number of halogens is 1. The van der Waals surface area contributed by atoms with Crippen LogP contribution in [0.4, 0.5) is 10.1 Å². The number of amidine groups is 1. The molecule has 0 bridgehead atoms. The molecule has 0 aromatic heterocycles. The molecule has 1 amide bonds. The number of hydrogen-bond acceptors (Lipinski definition) is 4. The number of hydrogen-bond donors (Lipinski definition) is 3. The van der Waals surface area contributed by atoms with E-state index in [9.17, 15) is 9.18 Å². The Morgan fingerprint density at radius 1 is 1.52 bits per heavy atom. The third kappa shape index (κ3) is 4.16.